The second-order valence-corrected chi connectivity index (χ2v) is 5.84. The van der Waals surface area contributed by atoms with Crippen LogP contribution in [0, 0.1) is 6.92 Å². The molecule has 1 aromatic carbocycles. The van der Waals surface area contributed by atoms with Crippen LogP contribution < -0.4 is 5.56 Å². The fourth-order valence-corrected chi connectivity index (χ4v) is 2.88. The number of carbonyl (C=O) groups excluding carboxylic acids is 1. The first kappa shape index (κ1) is 15.3. The highest BCUT2D eigenvalue weighted by Crippen LogP contribution is 2.12. The number of nitrogens with zero attached hydrogens (tertiary/aromatic N) is 4. The molecule has 0 saturated carbocycles. The van der Waals surface area contributed by atoms with Crippen LogP contribution in [0.25, 0.3) is 10.9 Å². The number of aromatic nitrogens is 4. The van der Waals surface area contributed by atoms with Crippen LogP contribution in [-0.4, -0.2) is 32.6 Å². The van der Waals surface area contributed by atoms with E-state index in [9.17, 15) is 9.59 Å². The second-order valence-electron chi connectivity index (χ2n) is 4.90. The van der Waals surface area contributed by atoms with E-state index in [0.717, 1.165) is 15.3 Å². The average Bonchev–Trinajstić information content (AvgIpc) is 2.96. The second kappa shape index (κ2) is 6.66. The maximum absolute atomic E-state index is 12.2. The Morgan fingerprint density at radius 2 is 2.17 bits per heavy atom. The van der Waals surface area contributed by atoms with Crippen molar-refractivity contribution in [1.82, 2.24) is 20.0 Å². The quantitative estimate of drug-likeness (QED) is 0.656. The Hall–Kier alpha value is -2.61. The molecular formula is C15H14N4O3S. The van der Waals surface area contributed by atoms with Crippen molar-refractivity contribution in [1.29, 1.82) is 0 Å². The van der Waals surface area contributed by atoms with Gasteiger partial charge in [0.1, 0.15) is 12.1 Å². The van der Waals surface area contributed by atoms with Crippen molar-refractivity contribution in [3.05, 3.63) is 50.7 Å². The van der Waals surface area contributed by atoms with E-state index < -0.39 is 5.97 Å². The highest BCUT2D eigenvalue weighted by atomic mass is 32.1. The molecule has 8 heteroatoms. The fraction of sp³-hybridized carbons (Fsp3) is 0.267. The predicted molar refractivity (Wildman–Crippen MR) is 85.3 cm³/mol. The summed E-state index contributed by atoms with van der Waals surface area (Å²) in [6.45, 7) is 1.91. The molecule has 7 nitrogen and oxygen atoms in total. The molecule has 0 aliphatic heterocycles. The molecule has 0 bridgehead atoms. The van der Waals surface area contributed by atoms with E-state index in [4.69, 9.17) is 4.74 Å². The number of rotatable bonds is 5. The maximum atomic E-state index is 12.2. The third kappa shape index (κ3) is 3.42. The smallest absolute Gasteiger partial charge is 0.327 e. The van der Waals surface area contributed by atoms with Gasteiger partial charge in [-0.1, -0.05) is 17.3 Å². The van der Waals surface area contributed by atoms with Crippen molar-refractivity contribution in [2.75, 3.05) is 6.61 Å². The number of benzene rings is 1. The van der Waals surface area contributed by atoms with Gasteiger partial charge in [0.25, 0.3) is 5.56 Å². The van der Waals surface area contributed by atoms with Gasteiger partial charge in [0.05, 0.1) is 23.2 Å². The zero-order chi connectivity index (χ0) is 16.2. The topological polar surface area (TPSA) is 87.0 Å². The molecule has 0 unspecified atom stereocenters. The highest BCUT2D eigenvalue weighted by Gasteiger charge is 2.11. The molecule has 0 aliphatic carbocycles. The van der Waals surface area contributed by atoms with E-state index >= 15 is 0 Å². The highest BCUT2D eigenvalue weighted by molar-refractivity contribution is 7.09. The van der Waals surface area contributed by atoms with Crippen LogP contribution in [0.1, 0.15) is 10.6 Å². The molecule has 2 aromatic heterocycles. The van der Waals surface area contributed by atoms with Gasteiger partial charge in [0, 0.05) is 11.3 Å². The lowest BCUT2D eigenvalue weighted by Gasteiger charge is -2.06. The van der Waals surface area contributed by atoms with Crippen LogP contribution in [0.15, 0.2) is 34.6 Å². The molecule has 3 aromatic rings. The van der Waals surface area contributed by atoms with Crippen molar-refractivity contribution < 1.29 is 9.53 Å². The number of fused-ring (bicyclic) bond motifs is 1. The van der Waals surface area contributed by atoms with Crippen LogP contribution in [0.3, 0.4) is 0 Å². The zero-order valence-electron chi connectivity index (χ0n) is 12.4. The molecule has 0 fully saturated rings. The third-order valence-corrected chi connectivity index (χ3v) is 4.34. The molecule has 118 valence electrons. The van der Waals surface area contributed by atoms with Crippen LogP contribution in [0.5, 0.6) is 0 Å². The lowest BCUT2D eigenvalue weighted by Crippen LogP contribution is -2.28. The molecule has 23 heavy (non-hydrogen) atoms. The zero-order valence-corrected chi connectivity index (χ0v) is 13.2. The van der Waals surface area contributed by atoms with Gasteiger partial charge in [-0.05, 0) is 19.1 Å². The summed E-state index contributed by atoms with van der Waals surface area (Å²) in [5.74, 6) is -0.515. The van der Waals surface area contributed by atoms with E-state index in [2.05, 4.69) is 15.3 Å². The molecule has 0 atom stereocenters. The van der Waals surface area contributed by atoms with E-state index in [-0.39, 0.29) is 18.7 Å². The van der Waals surface area contributed by atoms with Gasteiger partial charge in [0.15, 0.2) is 0 Å². The standard InChI is InChI=1S/C15H14N4O3S/c1-10-13(23-9-16-10)6-7-22-14(20)8-19-15(21)11-4-2-3-5-12(11)17-18-19/h2-5,9H,6-8H2,1H3. The summed E-state index contributed by atoms with van der Waals surface area (Å²) < 4.78 is 6.17. The van der Waals surface area contributed by atoms with Crippen molar-refractivity contribution in [3.63, 3.8) is 0 Å². The van der Waals surface area contributed by atoms with Gasteiger partial charge < -0.3 is 4.74 Å². The van der Waals surface area contributed by atoms with E-state index in [1.54, 1.807) is 29.8 Å². The molecule has 0 saturated heterocycles. The summed E-state index contributed by atoms with van der Waals surface area (Å²) in [4.78, 5) is 29.3. The van der Waals surface area contributed by atoms with Gasteiger partial charge in [-0.3, -0.25) is 9.59 Å². The lowest BCUT2D eigenvalue weighted by atomic mass is 10.2. The molecule has 2 heterocycles. The lowest BCUT2D eigenvalue weighted by molar-refractivity contribution is -0.144. The minimum atomic E-state index is -0.515. The van der Waals surface area contributed by atoms with E-state index in [1.807, 2.05) is 6.92 Å². The predicted octanol–water partition coefficient (Wildman–Crippen LogP) is 1.34. The van der Waals surface area contributed by atoms with Crippen LogP contribution in [-0.2, 0) is 22.5 Å². The number of ether oxygens (including phenoxy) is 1. The Morgan fingerprint density at radius 1 is 1.35 bits per heavy atom. The first-order valence-electron chi connectivity index (χ1n) is 7.02. The van der Waals surface area contributed by atoms with Crippen molar-refractivity contribution in [2.24, 2.45) is 0 Å². The molecular weight excluding hydrogens is 316 g/mol. The van der Waals surface area contributed by atoms with Gasteiger partial charge in [-0.15, -0.1) is 16.4 Å². The summed E-state index contributed by atoms with van der Waals surface area (Å²) in [5, 5.41) is 8.12. The van der Waals surface area contributed by atoms with Gasteiger partial charge in [0.2, 0.25) is 0 Å². The Morgan fingerprint density at radius 3 is 2.96 bits per heavy atom. The molecule has 0 aliphatic rings. The monoisotopic (exact) mass is 330 g/mol. The van der Waals surface area contributed by atoms with Gasteiger partial charge in [-0.2, -0.15) is 4.68 Å². The molecule has 0 amide bonds. The first-order valence-corrected chi connectivity index (χ1v) is 7.90. The Bertz CT molecular complexity index is 903. The Labute approximate surface area is 135 Å². The number of hydrogen-bond acceptors (Lipinski definition) is 7. The molecule has 0 spiro atoms. The Balaban J connectivity index is 1.63. The number of esters is 1. The van der Waals surface area contributed by atoms with Crippen molar-refractivity contribution in [3.8, 4) is 0 Å². The van der Waals surface area contributed by atoms with Crippen molar-refractivity contribution >= 4 is 28.2 Å². The van der Waals surface area contributed by atoms with Gasteiger partial charge in [-0.25, -0.2) is 4.98 Å². The Kier molecular flexibility index (Phi) is 4.42. The number of hydrogen-bond donors (Lipinski definition) is 0. The summed E-state index contributed by atoms with van der Waals surface area (Å²) in [7, 11) is 0. The summed E-state index contributed by atoms with van der Waals surface area (Å²) in [6.07, 6.45) is 0.612. The van der Waals surface area contributed by atoms with E-state index in [0.29, 0.717) is 17.3 Å². The number of thiazole rings is 1. The maximum Gasteiger partial charge on any atom is 0.327 e. The van der Waals surface area contributed by atoms with Crippen molar-refractivity contribution in [2.45, 2.75) is 19.9 Å². The number of aryl methyl sites for hydroxylation is 1. The normalized spacial score (nSPS) is 10.8. The van der Waals surface area contributed by atoms with E-state index in [1.165, 1.54) is 11.3 Å². The van der Waals surface area contributed by atoms with Crippen LogP contribution >= 0.6 is 11.3 Å². The number of carbonyl (C=O) groups is 1. The summed E-state index contributed by atoms with van der Waals surface area (Å²) in [5.41, 5.74) is 2.85. The minimum Gasteiger partial charge on any atom is -0.464 e. The largest absolute Gasteiger partial charge is 0.464 e. The molecule has 0 N–H and O–H groups in total. The van der Waals surface area contributed by atoms with Crippen LogP contribution in [0.2, 0.25) is 0 Å². The molecule has 0 radical (unpaired) electrons. The van der Waals surface area contributed by atoms with Crippen LogP contribution in [0.4, 0.5) is 0 Å². The average molecular weight is 330 g/mol. The summed E-state index contributed by atoms with van der Waals surface area (Å²) >= 11 is 1.53. The minimum absolute atomic E-state index is 0.248. The summed E-state index contributed by atoms with van der Waals surface area (Å²) in [6, 6.07) is 6.87. The van der Waals surface area contributed by atoms with Gasteiger partial charge >= 0.3 is 5.97 Å². The SMILES string of the molecule is Cc1ncsc1CCOC(=O)Cn1nnc2ccccc2c1=O. The third-order valence-electron chi connectivity index (χ3n) is 3.35. The molecule has 3 rings (SSSR count). The first-order chi connectivity index (χ1) is 11.1. The fourth-order valence-electron chi connectivity index (χ4n) is 2.12.